The molecule has 10 heteroatoms. The SMILES string of the molecule is CN(C)C1=NC2C(OC(C(O)C(F)(F)F)C(O)C2F)S1. The Morgan fingerprint density at radius 3 is 2.50 bits per heavy atom. The van der Waals surface area contributed by atoms with Gasteiger partial charge in [-0.15, -0.1) is 0 Å². The van der Waals surface area contributed by atoms with Gasteiger partial charge in [0.25, 0.3) is 0 Å². The van der Waals surface area contributed by atoms with Crippen LogP contribution in [0.1, 0.15) is 0 Å². The second-order valence-electron chi connectivity index (χ2n) is 4.81. The Hall–Kier alpha value is -0.580. The van der Waals surface area contributed by atoms with E-state index < -0.39 is 42.1 Å². The summed E-state index contributed by atoms with van der Waals surface area (Å²) < 4.78 is 56.5. The normalized spacial score (nSPS) is 39.2. The monoisotopic (exact) mass is 318 g/mol. The molecule has 0 aromatic carbocycles. The summed E-state index contributed by atoms with van der Waals surface area (Å²) in [5, 5.41) is 19.2. The number of thioether (sulfide) groups is 1. The maximum Gasteiger partial charge on any atom is 0.417 e. The minimum absolute atomic E-state index is 0.400. The first-order valence-corrected chi connectivity index (χ1v) is 6.65. The summed E-state index contributed by atoms with van der Waals surface area (Å²) in [5.41, 5.74) is -0.993. The van der Waals surface area contributed by atoms with E-state index in [0.717, 1.165) is 11.8 Å². The smallest absolute Gasteiger partial charge is 0.387 e. The highest BCUT2D eigenvalue weighted by Gasteiger charge is 2.56. The maximum absolute atomic E-state index is 14.0. The highest BCUT2D eigenvalue weighted by Crippen LogP contribution is 2.40. The van der Waals surface area contributed by atoms with Gasteiger partial charge in [-0.25, -0.2) is 4.39 Å². The van der Waals surface area contributed by atoms with Crippen LogP contribution in [0.5, 0.6) is 0 Å². The van der Waals surface area contributed by atoms with Crippen LogP contribution in [0.15, 0.2) is 4.99 Å². The predicted molar refractivity (Wildman–Crippen MR) is 64.1 cm³/mol. The van der Waals surface area contributed by atoms with E-state index in [1.165, 1.54) is 0 Å². The van der Waals surface area contributed by atoms with Crippen LogP contribution in [0.2, 0.25) is 0 Å². The van der Waals surface area contributed by atoms with E-state index in [9.17, 15) is 22.7 Å². The lowest BCUT2D eigenvalue weighted by molar-refractivity contribution is -0.267. The van der Waals surface area contributed by atoms with Crippen molar-refractivity contribution in [3.8, 4) is 0 Å². The topological polar surface area (TPSA) is 65.3 Å². The minimum atomic E-state index is -4.99. The van der Waals surface area contributed by atoms with Crippen LogP contribution >= 0.6 is 11.8 Å². The van der Waals surface area contributed by atoms with E-state index in [4.69, 9.17) is 9.84 Å². The number of aliphatic hydroxyl groups is 2. The summed E-state index contributed by atoms with van der Waals surface area (Å²) in [7, 11) is 3.30. The molecule has 2 aliphatic heterocycles. The van der Waals surface area contributed by atoms with Crippen molar-refractivity contribution in [2.24, 2.45) is 4.99 Å². The van der Waals surface area contributed by atoms with Gasteiger partial charge < -0.3 is 19.8 Å². The van der Waals surface area contributed by atoms with Gasteiger partial charge in [0, 0.05) is 14.1 Å². The first kappa shape index (κ1) is 15.8. The molecule has 0 bridgehead atoms. The van der Waals surface area contributed by atoms with E-state index in [-0.39, 0.29) is 0 Å². The van der Waals surface area contributed by atoms with E-state index in [0.29, 0.717) is 5.17 Å². The van der Waals surface area contributed by atoms with Crippen LogP contribution in [-0.4, -0.2) is 76.5 Å². The van der Waals surface area contributed by atoms with E-state index >= 15 is 0 Å². The fourth-order valence-corrected chi connectivity index (χ4v) is 3.14. The average Bonchev–Trinajstić information content (AvgIpc) is 2.76. The quantitative estimate of drug-likeness (QED) is 0.684. The molecule has 0 saturated carbocycles. The number of hydrogen-bond acceptors (Lipinski definition) is 6. The Balaban J connectivity index is 2.17. The fourth-order valence-electron chi connectivity index (χ4n) is 2.01. The summed E-state index contributed by atoms with van der Waals surface area (Å²) in [6, 6.07) is -1.08. The van der Waals surface area contributed by atoms with Crippen LogP contribution in [0.3, 0.4) is 0 Å². The Bertz CT molecular complexity index is 406. The molecule has 0 radical (unpaired) electrons. The van der Waals surface area contributed by atoms with Gasteiger partial charge in [0.1, 0.15) is 23.7 Å². The third-order valence-electron chi connectivity index (χ3n) is 3.07. The van der Waals surface area contributed by atoms with Crippen molar-refractivity contribution in [3.63, 3.8) is 0 Å². The van der Waals surface area contributed by atoms with Crippen molar-refractivity contribution in [1.82, 2.24) is 4.90 Å². The second kappa shape index (κ2) is 5.32. The molecule has 1 fully saturated rings. The van der Waals surface area contributed by atoms with Gasteiger partial charge in [-0.3, -0.25) is 4.99 Å². The highest BCUT2D eigenvalue weighted by molar-refractivity contribution is 8.14. The van der Waals surface area contributed by atoms with Crippen LogP contribution in [-0.2, 0) is 4.74 Å². The maximum atomic E-state index is 14.0. The molecule has 1 saturated heterocycles. The fraction of sp³-hybridized carbons (Fsp3) is 0.900. The van der Waals surface area contributed by atoms with Crippen molar-refractivity contribution < 1.29 is 32.5 Å². The third-order valence-corrected chi connectivity index (χ3v) is 4.37. The van der Waals surface area contributed by atoms with Crippen molar-refractivity contribution in [2.45, 2.75) is 42.1 Å². The Labute approximate surface area is 116 Å². The Kier molecular flexibility index (Phi) is 4.20. The van der Waals surface area contributed by atoms with Gasteiger partial charge in [0.05, 0.1) is 0 Å². The number of fused-ring (bicyclic) bond motifs is 1. The number of amidine groups is 1. The number of aliphatic hydroxyl groups excluding tert-OH is 2. The van der Waals surface area contributed by atoms with Gasteiger partial charge >= 0.3 is 6.18 Å². The molecule has 2 N–H and O–H groups in total. The summed E-state index contributed by atoms with van der Waals surface area (Å²) in [4.78, 5) is 5.55. The third kappa shape index (κ3) is 2.74. The number of alkyl halides is 4. The summed E-state index contributed by atoms with van der Waals surface area (Å²) in [6.45, 7) is 0. The minimum Gasteiger partial charge on any atom is -0.387 e. The average molecular weight is 318 g/mol. The molecule has 5 nitrogen and oxygen atoms in total. The predicted octanol–water partition coefficient (Wildman–Crippen LogP) is 0.366. The molecular formula is C10H14F4N2O3S. The van der Waals surface area contributed by atoms with Gasteiger partial charge in [0.2, 0.25) is 0 Å². The van der Waals surface area contributed by atoms with Crippen molar-refractivity contribution >= 4 is 16.9 Å². The van der Waals surface area contributed by atoms with Crippen LogP contribution in [0.4, 0.5) is 17.6 Å². The number of nitrogens with zero attached hydrogens (tertiary/aromatic N) is 2. The number of rotatable bonds is 1. The first-order chi connectivity index (χ1) is 9.12. The molecule has 2 rings (SSSR count). The summed E-state index contributed by atoms with van der Waals surface area (Å²) in [6.07, 6.45) is -14.1. The molecule has 0 aromatic rings. The second-order valence-corrected chi connectivity index (χ2v) is 5.87. The van der Waals surface area contributed by atoms with Crippen LogP contribution in [0.25, 0.3) is 0 Å². The van der Waals surface area contributed by atoms with Crippen molar-refractivity contribution in [3.05, 3.63) is 0 Å². The molecule has 0 spiro atoms. The lowest BCUT2D eigenvalue weighted by Gasteiger charge is -2.39. The molecule has 6 atom stereocenters. The molecule has 0 amide bonds. The molecule has 0 aliphatic carbocycles. The molecule has 6 unspecified atom stereocenters. The molecule has 0 aromatic heterocycles. The standard InChI is InChI=1S/C10H14F4N2O3S/c1-16(2)9-15-4-3(11)5(17)6(19-8(4)20-9)7(18)10(12,13)14/h3-8,17-18H,1-2H3. The molecule has 2 aliphatic rings. The van der Waals surface area contributed by atoms with Gasteiger partial charge in [-0.05, 0) is 0 Å². The number of aliphatic imine (C=N–C) groups is 1. The lowest BCUT2D eigenvalue weighted by atomic mass is 9.96. The zero-order chi connectivity index (χ0) is 15.2. The van der Waals surface area contributed by atoms with Gasteiger partial charge in [0.15, 0.2) is 17.4 Å². The largest absolute Gasteiger partial charge is 0.417 e. The Morgan fingerprint density at radius 1 is 1.40 bits per heavy atom. The van der Waals surface area contributed by atoms with Crippen molar-refractivity contribution in [2.75, 3.05) is 14.1 Å². The van der Waals surface area contributed by atoms with Crippen molar-refractivity contribution in [1.29, 1.82) is 0 Å². The van der Waals surface area contributed by atoms with E-state index in [2.05, 4.69) is 4.99 Å². The van der Waals surface area contributed by atoms with E-state index in [1.807, 2.05) is 0 Å². The number of ether oxygens (including phenoxy) is 1. The molecule has 20 heavy (non-hydrogen) atoms. The summed E-state index contributed by atoms with van der Waals surface area (Å²) in [5.74, 6) is 0. The molecule has 2 heterocycles. The highest BCUT2D eigenvalue weighted by atomic mass is 32.2. The number of halogens is 4. The van der Waals surface area contributed by atoms with Gasteiger partial charge in [-0.2, -0.15) is 13.2 Å². The van der Waals surface area contributed by atoms with Crippen LogP contribution in [0, 0.1) is 0 Å². The molecular weight excluding hydrogens is 304 g/mol. The van der Waals surface area contributed by atoms with Crippen LogP contribution < -0.4 is 0 Å². The Morgan fingerprint density at radius 2 is 2.00 bits per heavy atom. The first-order valence-electron chi connectivity index (χ1n) is 5.77. The van der Waals surface area contributed by atoms with E-state index in [1.54, 1.807) is 19.0 Å². The molecule has 116 valence electrons. The summed E-state index contributed by atoms with van der Waals surface area (Å²) >= 11 is 0.964. The van der Waals surface area contributed by atoms with Gasteiger partial charge in [-0.1, -0.05) is 11.8 Å². The number of hydrogen-bond donors (Lipinski definition) is 2. The zero-order valence-electron chi connectivity index (χ0n) is 10.6. The lowest BCUT2D eigenvalue weighted by Crippen LogP contribution is -2.59. The zero-order valence-corrected chi connectivity index (χ0v) is 11.4.